The van der Waals surface area contributed by atoms with Crippen LogP contribution in [0.4, 0.5) is 0 Å². The highest BCUT2D eigenvalue weighted by atomic mass is 32.1. The molecule has 0 radical (unpaired) electrons. The van der Waals surface area contributed by atoms with E-state index in [1.807, 2.05) is 41.8 Å². The van der Waals surface area contributed by atoms with Gasteiger partial charge in [-0.1, -0.05) is 24.3 Å². The number of benzene rings is 1. The highest BCUT2D eigenvalue weighted by Crippen LogP contribution is 2.27. The number of amides is 1. The average Bonchev–Trinajstić information content (AvgIpc) is 3.34. The zero-order chi connectivity index (χ0) is 17.1. The zero-order valence-electron chi connectivity index (χ0n) is 13.0. The summed E-state index contributed by atoms with van der Waals surface area (Å²) in [6.07, 6.45) is 3.01. The Bertz CT molecular complexity index is 1040. The lowest BCUT2D eigenvalue weighted by molar-refractivity contribution is 0.0956. The van der Waals surface area contributed by atoms with E-state index in [1.165, 1.54) is 6.21 Å². The largest absolute Gasteiger partial charge is 0.463 e. The topological polar surface area (TPSA) is 67.5 Å². The van der Waals surface area contributed by atoms with Crippen LogP contribution in [0.15, 0.2) is 75.8 Å². The number of nitrogens with zero attached hydrogens (tertiary/aromatic N) is 2. The fourth-order valence-electron chi connectivity index (χ4n) is 2.49. The van der Waals surface area contributed by atoms with Gasteiger partial charge in [-0.15, -0.1) is 11.3 Å². The van der Waals surface area contributed by atoms with E-state index >= 15 is 0 Å². The van der Waals surface area contributed by atoms with Crippen LogP contribution in [0, 0.1) is 0 Å². The second-order valence-electron chi connectivity index (χ2n) is 5.26. The molecule has 0 unspecified atom stereocenters. The van der Waals surface area contributed by atoms with Crippen molar-refractivity contribution in [3.8, 4) is 10.6 Å². The second-order valence-corrected chi connectivity index (χ2v) is 6.21. The van der Waals surface area contributed by atoms with Crippen LogP contribution in [0.5, 0.6) is 0 Å². The Hall–Kier alpha value is -3.25. The van der Waals surface area contributed by atoms with E-state index in [1.54, 1.807) is 35.8 Å². The zero-order valence-corrected chi connectivity index (χ0v) is 13.9. The first-order chi connectivity index (χ1) is 12.3. The Morgan fingerprint density at radius 1 is 1.16 bits per heavy atom. The Balaban J connectivity index is 1.70. The summed E-state index contributed by atoms with van der Waals surface area (Å²) in [6, 6.07) is 16.8. The monoisotopic (exact) mass is 347 g/mol. The number of furan rings is 1. The molecule has 6 heteroatoms. The third-order valence-electron chi connectivity index (χ3n) is 3.64. The van der Waals surface area contributed by atoms with Crippen LogP contribution in [-0.4, -0.2) is 17.1 Å². The fourth-order valence-corrected chi connectivity index (χ4v) is 3.18. The molecule has 5 nitrogen and oxygen atoms in total. The molecule has 3 heterocycles. The molecule has 0 atom stereocenters. The standard InChI is InChI=1S/C19H13N3O2S/c23-19(22-20-12-13-5-3-9-24-13)15-11-17(18-8-4-10-25-18)21-16-7-2-1-6-14(15)16/h1-12H,(H,22,23)/b20-12+. The van der Waals surface area contributed by atoms with Crippen molar-refractivity contribution in [1.29, 1.82) is 0 Å². The van der Waals surface area contributed by atoms with Crippen molar-refractivity contribution in [2.45, 2.75) is 0 Å². The van der Waals surface area contributed by atoms with Gasteiger partial charge in [-0.25, -0.2) is 10.4 Å². The van der Waals surface area contributed by atoms with Gasteiger partial charge in [0.25, 0.3) is 5.91 Å². The Morgan fingerprint density at radius 3 is 2.88 bits per heavy atom. The van der Waals surface area contributed by atoms with Gasteiger partial charge in [0.2, 0.25) is 0 Å². The number of rotatable bonds is 4. The number of hydrazone groups is 1. The molecule has 0 aliphatic rings. The Labute approximate surface area is 147 Å². The Kier molecular flexibility index (Phi) is 4.10. The molecule has 0 saturated heterocycles. The quantitative estimate of drug-likeness (QED) is 0.441. The summed E-state index contributed by atoms with van der Waals surface area (Å²) >= 11 is 1.58. The number of fused-ring (bicyclic) bond motifs is 1. The van der Waals surface area contributed by atoms with Crippen molar-refractivity contribution >= 4 is 34.4 Å². The predicted octanol–water partition coefficient (Wildman–Crippen LogP) is 4.32. The third-order valence-corrected chi connectivity index (χ3v) is 4.53. The first kappa shape index (κ1) is 15.3. The molecule has 0 aliphatic heterocycles. The van der Waals surface area contributed by atoms with E-state index in [9.17, 15) is 4.79 Å². The molecule has 3 aromatic heterocycles. The highest BCUT2D eigenvalue weighted by Gasteiger charge is 2.13. The van der Waals surface area contributed by atoms with Gasteiger partial charge in [-0.05, 0) is 35.7 Å². The number of carbonyl (C=O) groups is 1. The summed E-state index contributed by atoms with van der Waals surface area (Å²) in [5, 5.41) is 6.72. The molecular formula is C19H13N3O2S. The van der Waals surface area contributed by atoms with Crippen LogP contribution in [0.2, 0.25) is 0 Å². The van der Waals surface area contributed by atoms with Crippen molar-refractivity contribution < 1.29 is 9.21 Å². The van der Waals surface area contributed by atoms with Gasteiger partial charge in [-0.2, -0.15) is 5.10 Å². The minimum absolute atomic E-state index is 0.292. The second kappa shape index (κ2) is 6.70. The van der Waals surface area contributed by atoms with E-state index in [2.05, 4.69) is 15.5 Å². The van der Waals surface area contributed by atoms with Crippen LogP contribution in [0.1, 0.15) is 16.1 Å². The maximum absolute atomic E-state index is 12.6. The minimum atomic E-state index is -0.292. The Morgan fingerprint density at radius 2 is 2.08 bits per heavy atom. The summed E-state index contributed by atoms with van der Waals surface area (Å²) in [7, 11) is 0. The highest BCUT2D eigenvalue weighted by molar-refractivity contribution is 7.13. The van der Waals surface area contributed by atoms with E-state index in [0.29, 0.717) is 11.3 Å². The summed E-state index contributed by atoms with van der Waals surface area (Å²) < 4.78 is 5.15. The normalized spacial score (nSPS) is 11.2. The predicted molar refractivity (Wildman–Crippen MR) is 98.8 cm³/mol. The lowest BCUT2D eigenvalue weighted by atomic mass is 10.1. The van der Waals surface area contributed by atoms with E-state index in [0.717, 1.165) is 21.5 Å². The fraction of sp³-hybridized carbons (Fsp3) is 0. The molecule has 4 rings (SSSR count). The number of aromatic nitrogens is 1. The molecule has 0 saturated carbocycles. The molecule has 25 heavy (non-hydrogen) atoms. The number of thiophene rings is 1. The SMILES string of the molecule is O=C(N/N=C/c1ccco1)c1cc(-c2cccs2)nc2ccccc12. The van der Waals surface area contributed by atoms with Gasteiger partial charge in [0.05, 0.1) is 34.1 Å². The van der Waals surface area contributed by atoms with Gasteiger partial charge in [0.1, 0.15) is 5.76 Å². The number of carbonyl (C=O) groups excluding carboxylic acids is 1. The summed E-state index contributed by atoms with van der Waals surface area (Å²) in [6.45, 7) is 0. The van der Waals surface area contributed by atoms with Crippen molar-refractivity contribution in [2.24, 2.45) is 5.10 Å². The summed E-state index contributed by atoms with van der Waals surface area (Å²) in [5.74, 6) is 0.276. The van der Waals surface area contributed by atoms with Crippen LogP contribution in [0.3, 0.4) is 0 Å². The molecule has 0 fully saturated rings. The van der Waals surface area contributed by atoms with E-state index in [-0.39, 0.29) is 5.91 Å². The van der Waals surface area contributed by atoms with Gasteiger partial charge in [0, 0.05) is 5.39 Å². The molecule has 1 amide bonds. The van der Waals surface area contributed by atoms with Crippen molar-refractivity contribution in [3.05, 3.63) is 77.6 Å². The molecule has 1 N–H and O–H groups in total. The third kappa shape index (κ3) is 3.20. The summed E-state index contributed by atoms with van der Waals surface area (Å²) in [4.78, 5) is 18.3. The molecule has 0 aliphatic carbocycles. The maximum Gasteiger partial charge on any atom is 0.272 e. The van der Waals surface area contributed by atoms with Crippen LogP contribution in [-0.2, 0) is 0 Å². The maximum atomic E-state index is 12.6. The molecule has 0 spiro atoms. The molecule has 1 aromatic carbocycles. The smallest absolute Gasteiger partial charge is 0.272 e. The van der Waals surface area contributed by atoms with Crippen molar-refractivity contribution in [1.82, 2.24) is 10.4 Å². The van der Waals surface area contributed by atoms with Crippen LogP contribution in [0.25, 0.3) is 21.5 Å². The first-order valence-electron chi connectivity index (χ1n) is 7.62. The average molecular weight is 347 g/mol. The number of hydrogen-bond acceptors (Lipinski definition) is 5. The van der Waals surface area contributed by atoms with Crippen LogP contribution >= 0.6 is 11.3 Å². The molecule has 122 valence electrons. The van der Waals surface area contributed by atoms with Gasteiger partial charge in [-0.3, -0.25) is 4.79 Å². The summed E-state index contributed by atoms with van der Waals surface area (Å²) in [5.41, 5.74) is 4.62. The van der Waals surface area contributed by atoms with E-state index < -0.39 is 0 Å². The van der Waals surface area contributed by atoms with Gasteiger partial charge >= 0.3 is 0 Å². The minimum Gasteiger partial charge on any atom is -0.463 e. The van der Waals surface area contributed by atoms with Crippen LogP contribution < -0.4 is 5.43 Å². The molecule has 0 bridgehead atoms. The molecule has 4 aromatic rings. The number of nitrogens with one attached hydrogen (secondary N) is 1. The number of para-hydroxylation sites is 1. The van der Waals surface area contributed by atoms with Gasteiger partial charge in [0.15, 0.2) is 0 Å². The van der Waals surface area contributed by atoms with Gasteiger partial charge < -0.3 is 4.42 Å². The van der Waals surface area contributed by atoms with E-state index in [4.69, 9.17) is 4.42 Å². The van der Waals surface area contributed by atoms with Crippen molar-refractivity contribution in [2.75, 3.05) is 0 Å². The first-order valence-corrected chi connectivity index (χ1v) is 8.50. The lowest BCUT2D eigenvalue weighted by Gasteiger charge is -2.07. The van der Waals surface area contributed by atoms with Crippen molar-refractivity contribution in [3.63, 3.8) is 0 Å². The molecular weight excluding hydrogens is 334 g/mol. The number of pyridine rings is 1. The number of hydrogen-bond donors (Lipinski definition) is 1. The lowest BCUT2D eigenvalue weighted by Crippen LogP contribution is -2.18.